The van der Waals surface area contributed by atoms with Gasteiger partial charge in [-0.15, -0.1) is 0 Å². The zero-order valence-corrected chi connectivity index (χ0v) is 11.5. The largest absolute Gasteiger partial charge is 0.398 e. The van der Waals surface area contributed by atoms with Gasteiger partial charge in [-0.05, 0) is 36.4 Å². The zero-order chi connectivity index (χ0) is 13.8. The Morgan fingerprint density at radius 1 is 1.26 bits per heavy atom. The van der Waals surface area contributed by atoms with Crippen molar-refractivity contribution in [1.82, 2.24) is 0 Å². The third-order valence-electron chi connectivity index (χ3n) is 2.66. The van der Waals surface area contributed by atoms with Crippen LogP contribution in [0.15, 0.2) is 40.9 Å². The maximum absolute atomic E-state index is 13.5. The molecule has 0 aromatic heterocycles. The van der Waals surface area contributed by atoms with Gasteiger partial charge in [0.2, 0.25) is 0 Å². The Bertz CT molecular complexity index is 650. The third kappa shape index (κ3) is 3.24. The highest BCUT2D eigenvalue weighted by Gasteiger charge is 2.04. The van der Waals surface area contributed by atoms with E-state index < -0.39 is 0 Å². The van der Waals surface area contributed by atoms with Crippen LogP contribution in [0.2, 0.25) is 0 Å². The summed E-state index contributed by atoms with van der Waals surface area (Å²) in [7, 11) is 0. The molecule has 2 aromatic carbocycles. The van der Waals surface area contributed by atoms with Gasteiger partial charge in [0.05, 0.1) is 11.3 Å². The van der Waals surface area contributed by atoms with E-state index in [4.69, 9.17) is 11.0 Å². The summed E-state index contributed by atoms with van der Waals surface area (Å²) in [5, 5.41) is 11.8. The van der Waals surface area contributed by atoms with E-state index in [1.807, 2.05) is 6.07 Å². The molecule has 0 bridgehead atoms. The van der Waals surface area contributed by atoms with Gasteiger partial charge in [-0.25, -0.2) is 4.39 Å². The normalized spacial score (nSPS) is 9.95. The molecule has 0 aliphatic heterocycles. The van der Waals surface area contributed by atoms with Gasteiger partial charge in [-0.2, -0.15) is 5.26 Å². The summed E-state index contributed by atoms with van der Waals surface area (Å²) in [6.07, 6.45) is 0. The van der Waals surface area contributed by atoms with Gasteiger partial charge in [0.25, 0.3) is 0 Å². The van der Waals surface area contributed by atoms with Crippen molar-refractivity contribution < 1.29 is 4.39 Å². The second-order valence-electron chi connectivity index (χ2n) is 4.00. The van der Waals surface area contributed by atoms with E-state index >= 15 is 0 Å². The zero-order valence-electron chi connectivity index (χ0n) is 9.95. The van der Waals surface area contributed by atoms with E-state index in [1.54, 1.807) is 30.3 Å². The van der Waals surface area contributed by atoms with E-state index in [-0.39, 0.29) is 5.82 Å². The number of hydrogen-bond donors (Lipinski definition) is 2. The quantitative estimate of drug-likeness (QED) is 0.849. The van der Waals surface area contributed by atoms with Gasteiger partial charge in [-0.1, -0.05) is 15.9 Å². The first-order valence-corrected chi connectivity index (χ1v) is 6.37. The first kappa shape index (κ1) is 13.4. The molecule has 96 valence electrons. The second-order valence-corrected chi connectivity index (χ2v) is 4.92. The van der Waals surface area contributed by atoms with E-state index in [0.717, 1.165) is 10.2 Å². The molecule has 0 heterocycles. The number of nitriles is 1. The number of benzene rings is 2. The molecule has 0 aliphatic carbocycles. The topological polar surface area (TPSA) is 61.8 Å². The van der Waals surface area contributed by atoms with Crippen molar-refractivity contribution in [2.45, 2.75) is 6.54 Å². The van der Waals surface area contributed by atoms with E-state index in [2.05, 4.69) is 21.2 Å². The Labute approximate surface area is 119 Å². The Morgan fingerprint density at radius 2 is 2.05 bits per heavy atom. The summed E-state index contributed by atoms with van der Waals surface area (Å²) in [5.41, 5.74) is 7.84. The van der Waals surface area contributed by atoms with Gasteiger partial charge >= 0.3 is 0 Å². The summed E-state index contributed by atoms with van der Waals surface area (Å²) in [6.45, 7) is 0.344. The number of nitrogens with zero attached hydrogens (tertiary/aromatic N) is 1. The Morgan fingerprint density at radius 3 is 2.74 bits per heavy atom. The Kier molecular flexibility index (Phi) is 4.03. The average molecular weight is 320 g/mol. The maximum Gasteiger partial charge on any atom is 0.128 e. The van der Waals surface area contributed by atoms with Crippen LogP contribution in [0.4, 0.5) is 15.8 Å². The summed E-state index contributed by atoms with van der Waals surface area (Å²) < 4.78 is 14.4. The van der Waals surface area contributed by atoms with E-state index in [1.165, 1.54) is 6.07 Å². The summed E-state index contributed by atoms with van der Waals surface area (Å²) >= 11 is 3.30. The molecule has 5 heteroatoms. The van der Waals surface area contributed by atoms with Crippen LogP contribution in [0.25, 0.3) is 0 Å². The molecule has 0 saturated carbocycles. The van der Waals surface area contributed by atoms with Crippen LogP contribution in [0, 0.1) is 17.1 Å². The van der Waals surface area contributed by atoms with Crippen LogP contribution < -0.4 is 11.1 Å². The molecular formula is C14H11BrFN3. The van der Waals surface area contributed by atoms with Gasteiger partial charge in [0.15, 0.2) is 0 Å². The van der Waals surface area contributed by atoms with Gasteiger partial charge in [0, 0.05) is 22.3 Å². The van der Waals surface area contributed by atoms with Crippen LogP contribution in [0.5, 0.6) is 0 Å². The van der Waals surface area contributed by atoms with Crippen molar-refractivity contribution in [1.29, 1.82) is 5.26 Å². The van der Waals surface area contributed by atoms with Crippen LogP contribution >= 0.6 is 15.9 Å². The predicted octanol–water partition coefficient (Wildman–Crippen LogP) is 3.65. The SMILES string of the molecule is N#Cc1ccc(NCc2cc(Br)ccc2F)cc1N. The molecule has 0 saturated heterocycles. The number of nitrogen functional groups attached to an aromatic ring is 1. The lowest BCUT2D eigenvalue weighted by molar-refractivity contribution is 0.612. The number of nitrogens with one attached hydrogen (secondary N) is 1. The molecule has 3 N–H and O–H groups in total. The lowest BCUT2D eigenvalue weighted by Gasteiger charge is -2.09. The first-order valence-electron chi connectivity index (χ1n) is 5.57. The highest BCUT2D eigenvalue weighted by molar-refractivity contribution is 9.10. The minimum absolute atomic E-state index is 0.266. The molecule has 0 amide bonds. The van der Waals surface area contributed by atoms with Crippen molar-refractivity contribution in [2.75, 3.05) is 11.1 Å². The summed E-state index contributed by atoms with van der Waals surface area (Å²) in [5.74, 6) is -0.266. The van der Waals surface area contributed by atoms with Crippen molar-refractivity contribution in [3.63, 3.8) is 0 Å². The molecule has 0 atom stereocenters. The average Bonchev–Trinajstić information content (AvgIpc) is 2.40. The first-order chi connectivity index (χ1) is 9.10. The molecule has 0 unspecified atom stereocenters. The smallest absolute Gasteiger partial charge is 0.128 e. The highest BCUT2D eigenvalue weighted by Crippen LogP contribution is 2.20. The van der Waals surface area contributed by atoms with Crippen LogP contribution in [0.3, 0.4) is 0 Å². The van der Waals surface area contributed by atoms with Crippen molar-refractivity contribution >= 4 is 27.3 Å². The number of anilines is 2. The van der Waals surface area contributed by atoms with Gasteiger partial charge < -0.3 is 11.1 Å². The Balaban J connectivity index is 2.13. The molecular weight excluding hydrogens is 309 g/mol. The van der Waals surface area contributed by atoms with Crippen LogP contribution in [-0.2, 0) is 6.54 Å². The second kappa shape index (κ2) is 5.72. The molecule has 0 aliphatic rings. The predicted molar refractivity (Wildman–Crippen MR) is 77.0 cm³/mol. The fourth-order valence-electron chi connectivity index (χ4n) is 1.65. The molecule has 2 aromatic rings. The van der Waals surface area contributed by atoms with Gasteiger partial charge in [-0.3, -0.25) is 0 Å². The fourth-order valence-corrected chi connectivity index (χ4v) is 2.06. The maximum atomic E-state index is 13.5. The number of nitrogens with two attached hydrogens (primary N) is 1. The monoisotopic (exact) mass is 319 g/mol. The molecule has 3 nitrogen and oxygen atoms in total. The standard InChI is InChI=1S/C14H11BrFN3/c15-11-2-4-13(16)10(5-11)8-19-12-3-1-9(7-17)14(18)6-12/h1-6,19H,8,18H2. The molecule has 0 spiro atoms. The Hall–Kier alpha value is -2.06. The minimum atomic E-state index is -0.266. The molecule has 2 rings (SSSR count). The van der Waals surface area contributed by atoms with E-state index in [9.17, 15) is 4.39 Å². The summed E-state index contributed by atoms with van der Waals surface area (Å²) in [4.78, 5) is 0. The fraction of sp³-hybridized carbons (Fsp3) is 0.0714. The highest BCUT2D eigenvalue weighted by atomic mass is 79.9. The van der Waals surface area contributed by atoms with Crippen LogP contribution in [0.1, 0.15) is 11.1 Å². The van der Waals surface area contributed by atoms with Crippen molar-refractivity contribution in [3.8, 4) is 6.07 Å². The molecule has 19 heavy (non-hydrogen) atoms. The van der Waals surface area contributed by atoms with Crippen molar-refractivity contribution in [3.05, 3.63) is 57.8 Å². The van der Waals surface area contributed by atoms with Gasteiger partial charge in [0.1, 0.15) is 11.9 Å². The van der Waals surface area contributed by atoms with Crippen molar-refractivity contribution in [2.24, 2.45) is 0 Å². The minimum Gasteiger partial charge on any atom is -0.398 e. The lowest BCUT2D eigenvalue weighted by atomic mass is 10.1. The molecule has 0 radical (unpaired) electrons. The summed E-state index contributed by atoms with van der Waals surface area (Å²) in [6, 6.07) is 11.8. The van der Waals surface area contributed by atoms with Crippen LogP contribution in [-0.4, -0.2) is 0 Å². The number of rotatable bonds is 3. The number of hydrogen-bond acceptors (Lipinski definition) is 3. The lowest BCUT2D eigenvalue weighted by Crippen LogP contribution is -2.02. The number of halogens is 2. The third-order valence-corrected chi connectivity index (χ3v) is 3.16. The molecule has 0 fully saturated rings. The van der Waals surface area contributed by atoms with E-state index in [0.29, 0.717) is 23.4 Å².